The van der Waals surface area contributed by atoms with E-state index in [1.165, 1.54) is 0 Å². The Labute approximate surface area is 70.0 Å². The van der Waals surface area contributed by atoms with Crippen LogP contribution in [0.4, 0.5) is 0 Å². The smallest absolute Gasteiger partial charge is 0 e. The maximum absolute atomic E-state index is 0. The quantitative estimate of drug-likeness (QED) is 0.522. The summed E-state index contributed by atoms with van der Waals surface area (Å²) in [6.45, 7) is 0. The largest absolute Gasteiger partial charge is 0 e. The molecule has 28 valence electrons. The monoisotopic (exact) mass is 238 g/mol. The third-order valence-corrected chi connectivity index (χ3v) is 0. The van der Waals surface area contributed by atoms with Gasteiger partial charge in [-0.15, -0.1) is 0 Å². The molecule has 0 heterocycles. The van der Waals surface area contributed by atoms with Crippen LogP contribution < -0.4 is 0 Å². The van der Waals surface area contributed by atoms with Crippen LogP contribution in [0.5, 0.6) is 0 Å². The Balaban J connectivity index is 0. The molecule has 0 amide bonds. The van der Waals surface area contributed by atoms with Crippen LogP contribution in [0.2, 0.25) is 0 Å². The van der Waals surface area contributed by atoms with Crippen LogP contribution in [0.15, 0.2) is 0 Å². The van der Waals surface area contributed by atoms with Crippen LogP contribution >= 0.6 is 0 Å². The van der Waals surface area contributed by atoms with Crippen molar-refractivity contribution in [2.45, 2.75) is 0 Å². The molecule has 0 aromatic carbocycles. The molecular weight excluding hydrogens is 240 g/mol. The van der Waals surface area contributed by atoms with Crippen molar-refractivity contribution in [3.8, 4) is 0 Å². The zero-order valence-electron chi connectivity index (χ0n) is 1.75. The topological polar surface area (TPSA) is 0 Å². The minimum atomic E-state index is 0. The molecule has 0 spiro atoms. The summed E-state index contributed by atoms with van der Waals surface area (Å²) in [7, 11) is 0. The van der Waals surface area contributed by atoms with Gasteiger partial charge < -0.3 is 0 Å². The van der Waals surface area contributed by atoms with Crippen molar-refractivity contribution >= 4 is 0 Å². The third kappa shape index (κ3) is 8.89. The molecule has 4 heavy (non-hydrogen) atoms. The van der Waals surface area contributed by atoms with E-state index in [1.807, 2.05) is 0 Å². The van der Waals surface area contributed by atoms with Gasteiger partial charge in [0, 0.05) is 70.7 Å². The van der Waals surface area contributed by atoms with Gasteiger partial charge in [0.1, 0.15) is 0 Å². The van der Waals surface area contributed by atoms with Crippen molar-refractivity contribution in [1.29, 1.82) is 0 Å². The maximum Gasteiger partial charge on any atom is 0 e. The van der Waals surface area contributed by atoms with E-state index in [2.05, 4.69) is 0 Å². The van der Waals surface area contributed by atoms with Crippen LogP contribution in [0.1, 0.15) is 0 Å². The Hall–Kier alpha value is 2.18. The molecule has 0 aromatic heterocycles. The number of hydrogen-bond acceptors (Lipinski definition) is 0. The molecule has 0 bridgehead atoms. The molecule has 0 nitrogen and oxygen atoms in total. The van der Waals surface area contributed by atoms with Gasteiger partial charge in [0.25, 0.3) is 0 Å². The van der Waals surface area contributed by atoms with E-state index < -0.39 is 0 Å². The first kappa shape index (κ1) is 34.9. The van der Waals surface area contributed by atoms with Crippen molar-refractivity contribution in [2.75, 3.05) is 0 Å². The van der Waals surface area contributed by atoms with E-state index in [0.29, 0.717) is 0 Å². The number of rotatable bonds is 0. The average Bonchev–Trinajstić information content (AvgIpc) is 0. The second-order valence-corrected chi connectivity index (χ2v) is 0. The third-order valence-electron chi connectivity index (χ3n) is 0. The molecule has 2 radical (unpaired) electrons. The molecule has 0 atom stereocenters. The minimum absolute atomic E-state index is 0. The van der Waals surface area contributed by atoms with Crippen molar-refractivity contribution in [3.05, 3.63) is 0 Å². The van der Waals surface area contributed by atoms with Gasteiger partial charge in [0.2, 0.25) is 0 Å². The average molecular weight is 240 g/mol. The molecule has 0 aliphatic heterocycles. The summed E-state index contributed by atoms with van der Waals surface area (Å²) in [5, 5.41) is 0. The predicted molar refractivity (Wildman–Crippen MR) is 0 cm³/mol. The molecule has 0 aliphatic carbocycles. The SMILES string of the molecule is [Co].[Cr].[Cu].[Zn]. The first-order valence-electron chi connectivity index (χ1n) is 0. The van der Waals surface area contributed by atoms with E-state index in [0.717, 1.165) is 0 Å². The molecule has 0 N–H and O–H groups in total. The maximum atomic E-state index is 0. The summed E-state index contributed by atoms with van der Waals surface area (Å²) in [6, 6.07) is 0. The second-order valence-electron chi connectivity index (χ2n) is 0. The van der Waals surface area contributed by atoms with Crippen molar-refractivity contribution in [2.24, 2.45) is 0 Å². The molecule has 0 rings (SSSR count). The van der Waals surface area contributed by atoms with Gasteiger partial charge in [-0.25, -0.2) is 0 Å². The molecule has 0 aliphatic rings. The minimum Gasteiger partial charge on any atom is 0 e. The zero-order valence-corrected chi connectivity index (χ0v) is 7.98. The van der Waals surface area contributed by atoms with E-state index in [9.17, 15) is 0 Å². The van der Waals surface area contributed by atoms with Crippen LogP contribution in [0.3, 0.4) is 0 Å². The Morgan fingerprint density at radius 1 is 1.00 bits per heavy atom. The Bertz CT molecular complexity index is 8.00. The molecule has 0 unspecified atom stereocenters. The standard InChI is InChI=1S/Co.Cr.Cu.Zn. The molecule has 4 heteroatoms. The van der Waals surface area contributed by atoms with Crippen molar-refractivity contribution in [3.63, 3.8) is 0 Å². The van der Waals surface area contributed by atoms with Gasteiger partial charge in [0.15, 0.2) is 0 Å². The Morgan fingerprint density at radius 2 is 1.00 bits per heavy atom. The van der Waals surface area contributed by atoms with Crippen molar-refractivity contribution < 1.29 is 70.7 Å². The summed E-state index contributed by atoms with van der Waals surface area (Å²) in [5.74, 6) is 0. The van der Waals surface area contributed by atoms with Crippen LogP contribution in [-0.4, -0.2) is 0 Å². The van der Waals surface area contributed by atoms with Crippen molar-refractivity contribution in [1.82, 2.24) is 0 Å². The normalized spacial score (nSPS) is 0. The Morgan fingerprint density at radius 3 is 1.00 bits per heavy atom. The summed E-state index contributed by atoms with van der Waals surface area (Å²) in [5.41, 5.74) is 0. The summed E-state index contributed by atoms with van der Waals surface area (Å²) >= 11 is 0. The second kappa shape index (κ2) is 19.0. The molecule has 0 saturated heterocycles. The van der Waals surface area contributed by atoms with Gasteiger partial charge in [0.05, 0.1) is 0 Å². The summed E-state index contributed by atoms with van der Waals surface area (Å²) in [6.07, 6.45) is 0. The fraction of sp³-hybridized carbons (Fsp3) is 0. The fourth-order valence-corrected chi connectivity index (χ4v) is 0. The van der Waals surface area contributed by atoms with Gasteiger partial charge in [-0.3, -0.25) is 0 Å². The number of hydrogen-bond donors (Lipinski definition) is 0. The van der Waals surface area contributed by atoms with Gasteiger partial charge >= 0.3 is 0 Å². The van der Waals surface area contributed by atoms with Gasteiger partial charge in [-0.1, -0.05) is 0 Å². The van der Waals surface area contributed by atoms with Gasteiger partial charge in [-0.2, -0.15) is 0 Å². The first-order valence-corrected chi connectivity index (χ1v) is 0. The Kier molecular flexibility index (Phi) is 166. The molecule has 0 aromatic rings. The molecular formula is CoCrCuZn. The first-order chi connectivity index (χ1) is 0. The van der Waals surface area contributed by atoms with E-state index in [-0.39, 0.29) is 70.7 Å². The summed E-state index contributed by atoms with van der Waals surface area (Å²) < 4.78 is 0. The fourth-order valence-electron chi connectivity index (χ4n) is 0. The predicted octanol–water partition coefficient (Wildman–Crippen LogP) is -0.0100. The van der Waals surface area contributed by atoms with Crippen LogP contribution in [0, 0.1) is 0 Å². The van der Waals surface area contributed by atoms with E-state index >= 15 is 0 Å². The molecule has 0 fully saturated rings. The van der Waals surface area contributed by atoms with E-state index in [1.54, 1.807) is 0 Å². The van der Waals surface area contributed by atoms with Crippen LogP contribution in [-0.2, 0) is 70.7 Å². The molecule has 0 saturated carbocycles. The zero-order chi connectivity index (χ0) is 0. The summed E-state index contributed by atoms with van der Waals surface area (Å²) in [4.78, 5) is 0. The van der Waals surface area contributed by atoms with Crippen LogP contribution in [0.25, 0.3) is 0 Å². The van der Waals surface area contributed by atoms with Gasteiger partial charge in [-0.05, 0) is 0 Å². The van der Waals surface area contributed by atoms with E-state index in [4.69, 9.17) is 0 Å².